The monoisotopic (exact) mass is 375 g/mol. The van der Waals surface area contributed by atoms with Crippen LogP contribution < -0.4 is 14.8 Å². The van der Waals surface area contributed by atoms with Gasteiger partial charge in [-0.3, -0.25) is 9.59 Å². The van der Waals surface area contributed by atoms with Gasteiger partial charge in [0.05, 0.1) is 17.7 Å². The number of benzene rings is 2. The highest BCUT2D eigenvalue weighted by molar-refractivity contribution is 6.32. The van der Waals surface area contributed by atoms with Crippen LogP contribution in [0.2, 0.25) is 5.02 Å². The van der Waals surface area contributed by atoms with Crippen LogP contribution in [0.3, 0.4) is 0 Å². The van der Waals surface area contributed by atoms with Crippen LogP contribution in [0.25, 0.3) is 0 Å². The molecule has 1 N–H and O–H groups in total. The first-order chi connectivity index (χ1) is 12.3. The van der Waals surface area contributed by atoms with Gasteiger partial charge in [-0.2, -0.15) is 0 Å². The first kappa shape index (κ1) is 19.8. The molecule has 138 valence electrons. The lowest BCUT2D eigenvalue weighted by atomic mass is 10.1. The van der Waals surface area contributed by atoms with Crippen molar-refractivity contribution in [2.75, 3.05) is 11.9 Å². The van der Waals surface area contributed by atoms with Crippen LogP contribution in [0.4, 0.5) is 5.69 Å². The summed E-state index contributed by atoms with van der Waals surface area (Å²) < 4.78 is 11.3. The SMILES string of the molecule is CCOc1c(Cl)cc(C(=O)Nc2ccc(C(C)=O)cc2)cc1OC(C)C. The van der Waals surface area contributed by atoms with Gasteiger partial charge in [-0.05, 0) is 64.1 Å². The Morgan fingerprint density at radius 2 is 1.77 bits per heavy atom. The van der Waals surface area contributed by atoms with E-state index in [4.69, 9.17) is 21.1 Å². The number of anilines is 1. The van der Waals surface area contributed by atoms with Gasteiger partial charge in [0.15, 0.2) is 17.3 Å². The molecule has 26 heavy (non-hydrogen) atoms. The normalized spacial score (nSPS) is 10.5. The molecule has 0 aromatic heterocycles. The van der Waals surface area contributed by atoms with E-state index in [0.29, 0.717) is 39.9 Å². The number of hydrogen-bond acceptors (Lipinski definition) is 4. The van der Waals surface area contributed by atoms with Crippen LogP contribution in [0, 0.1) is 0 Å². The maximum absolute atomic E-state index is 12.6. The molecular formula is C20H22ClNO4. The van der Waals surface area contributed by atoms with Gasteiger partial charge in [0.25, 0.3) is 5.91 Å². The predicted octanol–water partition coefficient (Wildman–Crippen LogP) is 4.98. The standard InChI is InChI=1S/C20H22ClNO4/c1-5-25-19-17(21)10-15(11-18(19)26-12(2)3)20(24)22-16-8-6-14(7-9-16)13(4)23/h6-12H,5H2,1-4H3,(H,22,24). The molecule has 0 bridgehead atoms. The Kier molecular flexibility index (Phi) is 6.64. The van der Waals surface area contributed by atoms with Crippen molar-refractivity contribution in [3.05, 3.63) is 52.5 Å². The summed E-state index contributed by atoms with van der Waals surface area (Å²) in [5.74, 6) is 0.479. The molecule has 2 aromatic rings. The number of halogens is 1. The first-order valence-corrected chi connectivity index (χ1v) is 8.75. The van der Waals surface area contributed by atoms with Crippen molar-refractivity contribution in [1.29, 1.82) is 0 Å². The number of hydrogen-bond donors (Lipinski definition) is 1. The molecule has 1 amide bonds. The number of nitrogens with one attached hydrogen (secondary N) is 1. The minimum absolute atomic E-state index is 0.0309. The maximum Gasteiger partial charge on any atom is 0.255 e. The third kappa shape index (κ3) is 4.99. The predicted molar refractivity (Wildman–Crippen MR) is 103 cm³/mol. The van der Waals surface area contributed by atoms with Crippen LogP contribution in [-0.2, 0) is 0 Å². The van der Waals surface area contributed by atoms with Gasteiger partial charge in [0.1, 0.15) is 0 Å². The van der Waals surface area contributed by atoms with Crippen LogP contribution in [0.1, 0.15) is 48.4 Å². The van der Waals surface area contributed by atoms with Gasteiger partial charge in [-0.15, -0.1) is 0 Å². The number of rotatable bonds is 7. The highest BCUT2D eigenvalue weighted by Crippen LogP contribution is 2.37. The molecule has 2 aromatic carbocycles. The third-order valence-corrected chi connectivity index (χ3v) is 3.75. The van der Waals surface area contributed by atoms with Crippen molar-refractivity contribution in [3.8, 4) is 11.5 Å². The van der Waals surface area contributed by atoms with E-state index in [9.17, 15) is 9.59 Å². The van der Waals surface area contributed by atoms with Crippen LogP contribution in [-0.4, -0.2) is 24.4 Å². The topological polar surface area (TPSA) is 64.6 Å². The van der Waals surface area contributed by atoms with Crippen molar-refractivity contribution in [2.24, 2.45) is 0 Å². The summed E-state index contributed by atoms with van der Waals surface area (Å²) in [6.45, 7) is 7.54. The van der Waals surface area contributed by atoms with E-state index in [1.807, 2.05) is 20.8 Å². The summed E-state index contributed by atoms with van der Waals surface area (Å²) in [6, 6.07) is 9.83. The number of carbonyl (C=O) groups excluding carboxylic acids is 2. The number of carbonyl (C=O) groups is 2. The highest BCUT2D eigenvalue weighted by Gasteiger charge is 2.17. The average molecular weight is 376 g/mol. The van der Waals surface area contributed by atoms with Crippen molar-refractivity contribution in [2.45, 2.75) is 33.8 Å². The zero-order chi connectivity index (χ0) is 19.3. The number of amides is 1. The smallest absolute Gasteiger partial charge is 0.255 e. The van der Waals surface area contributed by atoms with Gasteiger partial charge in [0.2, 0.25) is 0 Å². The fourth-order valence-electron chi connectivity index (χ4n) is 2.32. The van der Waals surface area contributed by atoms with Crippen molar-refractivity contribution >= 4 is 29.0 Å². The van der Waals surface area contributed by atoms with E-state index in [1.54, 1.807) is 36.4 Å². The fourth-order valence-corrected chi connectivity index (χ4v) is 2.58. The minimum Gasteiger partial charge on any atom is -0.488 e. The Bertz CT molecular complexity index is 800. The van der Waals surface area contributed by atoms with Crippen LogP contribution >= 0.6 is 11.6 Å². The minimum atomic E-state index is -0.334. The molecule has 0 aliphatic carbocycles. The van der Waals surface area contributed by atoms with E-state index >= 15 is 0 Å². The van der Waals surface area contributed by atoms with Crippen molar-refractivity contribution in [3.63, 3.8) is 0 Å². The van der Waals surface area contributed by atoms with Gasteiger partial charge < -0.3 is 14.8 Å². The molecule has 0 saturated heterocycles. The Morgan fingerprint density at radius 3 is 2.31 bits per heavy atom. The van der Waals surface area contributed by atoms with Gasteiger partial charge in [0, 0.05) is 16.8 Å². The fraction of sp³-hybridized carbons (Fsp3) is 0.300. The Labute approximate surface area is 158 Å². The Morgan fingerprint density at radius 1 is 1.12 bits per heavy atom. The molecule has 0 radical (unpaired) electrons. The molecule has 0 spiro atoms. The second-order valence-corrected chi connectivity index (χ2v) is 6.38. The summed E-state index contributed by atoms with van der Waals surface area (Å²) in [4.78, 5) is 23.9. The summed E-state index contributed by atoms with van der Waals surface area (Å²) in [6.07, 6.45) is -0.0947. The van der Waals surface area contributed by atoms with Gasteiger partial charge >= 0.3 is 0 Å². The summed E-state index contributed by atoms with van der Waals surface area (Å²) in [5, 5.41) is 3.09. The zero-order valence-electron chi connectivity index (χ0n) is 15.3. The second kappa shape index (κ2) is 8.72. The lowest BCUT2D eigenvalue weighted by Gasteiger charge is -2.17. The van der Waals surface area contributed by atoms with E-state index in [2.05, 4.69) is 5.32 Å². The van der Waals surface area contributed by atoms with Crippen LogP contribution in [0.5, 0.6) is 11.5 Å². The van der Waals surface area contributed by atoms with E-state index in [1.165, 1.54) is 6.92 Å². The van der Waals surface area contributed by atoms with E-state index < -0.39 is 0 Å². The summed E-state index contributed by atoms with van der Waals surface area (Å²) in [7, 11) is 0. The molecule has 6 heteroatoms. The third-order valence-electron chi connectivity index (χ3n) is 3.47. The van der Waals surface area contributed by atoms with E-state index in [0.717, 1.165) is 0 Å². The number of ketones is 1. The van der Waals surface area contributed by atoms with E-state index in [-0.39, 0.29) is 17.8 Å². The molecule has 0 fully saturated rings. The molecule has 2 rings (SSSR count). The molecule has 0 saturated carbocycles. The van der Waals surface area contributed by atoms with Crippen LogP contribution in [0.15, 0.2) is 36.4 Å². The number of ether oxygens (including phenoxy) is 2. The summed E-state index contributed by atoms with van der Waals surface area (Å²) >= 11 is 6.28. The molecule has 0 atom stereocenters. The van der Waals surface area contributed by atoms with Gasteiger partial charge in [-0.25, -0.2) is 0 Å². The van der Waals surface area contributed by atoms with Gasteiger partial charge in [-0.1, -0.05) is 11.6 Å². The largest absolute Gasteiger partial charge is 0.488 e. The molecule has 0 heterocycles. The van der Waals surface area contributed by atoms with Crippen molar-refractivity contribution in [1.82, 2.24) is 0 Å². The lowest BCUT2D eigenvalue weighted by molar-refractivity contribution is 0.101. The Balaban J connectivity index is 2.27. The number of Topliss-reactive ketones (excluding diaryl/α,β-unsaturated/α-hetero) is 1. The average Bonchev–Trinajstić information content (AvgIpc) is 2.57. The first-order valence-electron chi connectivity index (χ1n) is 8.37. The lowest BCUT2D eigenvalue weighted by Crippen LogP contribution is -2.14. The molecular weight excluding hydrogens is 354 g/mol. The highest BCUT2D eigenvalue weighted by atomic mass is 35.5. The quantitative estimate of drug-likeness (QED) is 0.693. The summed E-state index contributed by atoms with van der Waals surface area (Å²) in [5.41, 5.74) is 1.51. The molecule has 0 aliphatic heterocycles. The second-order valence-electron chi connectivity index (χ2n) is 5.97. The molecule has 0 unspecified atom stereocenters. The maximum atomic E-state index is 12.6. The zero-order valence-corrected chi connectivity index (χ0v) is 16.0. The van der Waals surface area contributed by atoms with Crippen molar-refractivity contribution < 1.29 is 19.1 Å². The molecule has 5 nitrogen and oxygen atoms in total. The molecule has 0 aliphatic rings. The Hall–Kier alpha value is -2.53.